The van der Waals surface area contributed by atoms with E-state index in [-0.39, 0.29) is 35.5 Å². The minimum Gasteiger partial charge on any atom is -0.333 e. The maximum absolute atomic E-state index is 13.5. The van der Waals surface area contributed by atoms with E-state index in [1.54, 1.807) is 0 Å². The number of rotatable bonds is 6. The van der Waals surface area contributed by atoms with E-state index in [0.29, 0.717) is 18.9 Å². The molecule has 0 bridgehead atoms. The smallest absolute Gasteiger partial charge is 0.280 e. The highest BCUT2D eigenvalue weighted by Crippen LogP contribution is 2.31. The van der Waals surface area contributed by atoms with Crippen LogP contribution in [0.5, 0.6) is 0 Å². The van der Waals surface area contributed by atoms with Crippen LogP contribution in [0.1, 0.15) is 31.5 Å². The Balaban J connectivity index is 0.00000243. The molecule has 0 aliphatic heterocycles. The summed E-state index contributed by atoms with van der Waals surface area (Å²) in [6.45, 7) is 4.70. The molecule has 26 heavy (non-hydrogen) atoms. The highest BCUT2D eigenvalue weighted by Gasteiger charge is 2.25. The van der Waals surface area contributed by atoms with Crippen LogP contribution in [-0.4, -0.2) is 19.9 Å². The molecule has 2 heterocycles. The summed E-state index contributed by atoms with van der Waals surface area (Å²) in [5.74, 6) is 0.545. The van der Waals surface area contributed by atoms with Gasteiger partial charge in [0.2, 0.25) is 5.82 Å². The number of nitrogens with two attached hydrogens (primary N) is 1. The summed E-state index contributed by atoms with van der Waals surface area (Å²) in [5.41, 5.74) is 7.22. The summed E-state index contributed by atoms with van der Waals surface area (Å²) in [7, 11) is 0. The lowest BCUT2D eigenvalue weighted by Gasteiger charge is -2.09. The zero-order chi connectivity index (χ0) is 18.0. The number of hydrogen-bond donors (Lipinski definition) is 1. The number of aromatic nitrogens is 4. The molecule has 0 fully saturated rings. The fraction of sp³-hybridized carbons (Fsp3) is 0.353. The van der Waals surface area contributed by atoms with E-state index in [1.807, 2.05) is 38.1 Å². The zero-order valence-electron chi connectivity index (χ0n) is 14.4. The van der Waals surface area contributed by atoms with Crippen molar-refractivity contribution in [3.05, 3.63) is 41.7 Å². The SMILES string of the molecule is CC(C)Cn1ncc(-c2nc(-c3ccc(CN)cc3)no2)c1C(F)F.Cl. The molecule has 0 saturated carbocycles. The number of nitrogens with zero attached hydrogens (tertiary/aromatic N) is 4. The number of hydrogen-bond acceptors (Lipinski definition) is 5. The topological polar surface area (TPSA) is 82.8 Å². The zero-order valence-corrected chi connectivity index (χ0v) is 15.2. The minimum absolute atomic E-state index is 0. The summed E-state index contributed by atoms with van der Waals surface area (Å²) < 4.78 is 33.5. The van der Waals surface area contributed by atoms with Gasteiger partial charge in [0.15, 0.2) is 0 Å². The van der Waals surface area contributed by atoms with Crippen LogP contribution in [0.4, 0.5) is 8.78 Å². The van der Waals surface area contributed by atoms with Crippen molar-refractivity contribution >= 4 is 12.4 Å². The largest absolute Gasteiger partial charge is 0.333 e. The second kappa shape index (κ2) is 8.37. The second-order valence-corrected chi connectivity index (χ2v) is 6.14. The lowest BCUT2D eigenvalue weighted by Crippen LogP contribution is -2.10. The van der Waals surface area contributed by atoms with Gasteiger partial charge in [0.05, 0.1) is 11.8 Å². The van der Waals surface area contributed by atoms with E-state index >= 15 is 0 Å². The first kappa shape index (κ1) is 20.0. The average molecular weight is 384 g/mol. The van der Waals surface area contributed by atoms with Gasteiger partial charge >= 0.3 is 0 Å². The van der Waals surface area contributed by atoms with Crippen LogP contribution in [0.25, 0.3) is 22.8 Å². The van der Waals surface area contributed by atoms with E-state index in [0.717, 1.165) is 11.1 Å². The Labute approximate surface area is 155 Å². The normalized spacial score (nSPS) is 11.2. The fourth-order valence-electron chi connectivity index (χ4n) is 2.52. The molecule has 0 amide bonds. The Morgan fingerprint density at radius 3 is 2.46 bits per heavy atom. The average Bonchev–Trinajstić information content (AvgIpc) is 3.21. The highest BCUT2D eigenvalue weighted by molar-refractivity contribution is 5.85. The molecular weight excluding hydrogens is 364 g/mol. The lowest BCUT2D eigenvalue weighted by atomic mass is 10.1. The third kappa shape index (κ3) is 4.08. The van der Waals surface area contributed by atoms with Gasteiger partial charge in [-0.05, 0) is 11.5 Å². The number of alkyl halides is 2. The molecule has 6 nitrogen and oxygen atoms in total. The molecule has 3 rings (SSSR count). The fourth-order valence-corrected chi connectivity index (χ4v) is 2.52. The molecule has 0 atom stereocenters. The standard InChI is InChI=1S/C17H19F2N5O.ClH/c1-10(2)9-24-14(15(18)19)13(8-21-24)17-22-16(23-25-17)12-5-3-11(7-20)4-6-12;/h3-6,8,10,15H,7,9,20H2,1-2H3;1H. The van der Waals surface area contributed by atoms with Crippen LogP contribution >= 0.6 is 12.4 Å². The van der Waals surface area contributed by atoms with Crippen molar-refractivity contribution in [1.82, 2.24) is 19.9 Å². The minimum atomic E-state index is -2.68. The van der Waals surface area contributed by atoms with E-state index in [4.69, 9.17) is 10.3 Å². The molecule has 0 radical (unpaired) electrons. The van der Waals surface area contributed by atoms with Gasteiger partial charge in [-0.25, -0.2) is 8.78 Å². The molecule has 9 heteroatoms. The van der Waals surface area contributed by atoms with Gasteiger partial charge in [0.25, 0.3) is 12.3 Å². The van der Waals surface area contributed by atoms with Crippen LogP contribution in [-0.2, 0) is 13.1 Å². The first-order valence-corrected chi connectivity index (χ1v) is 7.97. The van der Waals surface area contributed by atoms with Gasteiger partial charge in [-0.2, -0.15) is 10.1 Å². The van der Waals surface area contributed by atoms with E-state index in [9.17, 15) is 8.78 Å². The molecule has 0 unspecified atom stereocenters. The quantitative estimate of drug-likeness (QED) is 0.693. The first-order valence-electron chi connectivity index (χ1n) is 7.97. The summed E-state index contributed by atoms with van der Waals surface area (Å²) >= 11 is 0. The Hall–Kier alpha value is -2.32. The monoisotopic (exact) mass is 383 g/mol. The van der Waals surface area contributed by atoms with Crippen LogP contribution in [0.2, 0.25) is 0 Å². The third-order valence-electron chi connectivity index (χ3n) is 3.73. The van der Waals surface area contributed by atoms with Crippen LogP contribution in [0.3, 0.4) is 0 Å². The molecule has 0 spiro atoms. The number of benzene rings is 1. The van der Waals surface area contributed by atoms with Crippen molar-refractivity contribution in [2.75, 3.05) is 0 Å². The van der Waals surface area contributed by atoms with Gasteiger partial charge < -0.3 is 10.3 Å². The maximum atomic E-state index is 13.5. The van der Waals surface area contributed by atoms with E-state index in [1.165, 1.54) is 10.9 Å². The van der Waals surface area contributed by atoms with E-state index < -0.39 is 6.43 Å². The molecule has 2 aromatic heterocycles. The van der Waals surface area contributed by atoms with Crippen LogP contribution in [0, 0.1) is 5.92 Å². The highest BCUT2D eigenvalue weighted by atomic mass is 35.5. The van der Waals surface area contributed by atoms with Gasteiger partial charge in [-0.3, -0.25) is 4.68 Å². The summed E-state index contributed by atoms with van der Waals surface area (Å²) in [6, 6.07) is 7.34. The van der Waals surface area contributed by atoms with Gasteiger partial charge in [0, 0.05) is 18.7 Å². The Bertz CT molecular complexity index is 845. The Kier molecular flexibility index (Phi) is 6.44. The van der Waals surface area contributed by atoms with Crippen molar-refractivity contribution in [3.8, 4) is 22.8 Å². The van der Waals surface area contributed by atoms with Gasteiger partial charge in [-0.1, -0.05) is 43.3 Å². The predicted molar refractivity (Wildman–Crippen MR) is 95.9 cm³/mol. The van der Waals surface area contributed by atoms with Crippen molar-refractivity contribution in [2.45, 2.75) is 33.4 Å². The van der Waals surface area contributed by atoms with Gasteiger partial charge in [-0.15, -0.1) is 12.4 Å². The van der Waals surface area contributed by atoms with Gasteiger partial charge in [0.1, 0.15) is 5.69 Å². The van der Waals surface area contributed by atoms with Crippen LogP contribution < -0.4 is 5.73 Å². The summed E-state index contributed by atoms with van der Waals surface area (Å²) in [5, 5.41) is 7.94. The molecule has 140 valence electrons. The first-order chi connectivity index (χ1) is 12.0. The van der Waals surface area contributed by atoms with Crippen molar-refractivity contribution in [3.63, 3.8) is 0 Å². The summed E-state index contributed by atoms with van der Waals surface area (Å²) in [6.07, 6.45) is -1.34. The molecule has 2 N–H and O–H groups in total. The molecular formula is C17H20ClF2N5O. The van der Waals surface area contributed by atoms with Crippen LogP contribution in [0.15, 0.2) is 35.0 Å². The number of halogens is 3. The van der Waals surface area contributed by atoms with Crippen molar-refractivity contribution in [1.29, 1.82) is 0 Å². The molecule has 3 aromatic rings. The van der Waals surface area contributed by atoms with E-state index in [2.05, 4.69) is 15.2 Å². The summed E-state index contributed by atoms with van der Waals surface area (Å²) in [4.78, 5) is 4.25. The lowest BCUT2D eigenvalue weighted by molar-refractivity contribution is 0.138. The molecule has 1 aromatic carbocycles. The Morgan fingerprint density at radius 2 is 1.88 bits per heavy atom. The van der Waals surface area contributed by atoms with Crippen molar-refractivity contribution in [2.24, 2.45) is 11.7 Å². The third-order valence-corrected chi connectivity index (χ3v) is 3.73. The molecule has 0 aliphatic rings. The Morgan fingerprint density at radius 1 is 1.19 bits per heavy atom. The van der Waals surface area contributed by atoms with Crippen molar-refractivity contribution < 1.29 is 13.3 Å². The maximum Gasteiger partial charge on any atom is 0.280 e. The molecule has 0 aliphatic carbocycles. The predicted octanol–water partition coefficient (Wildman–Crippen LogP) is 4.07. The second-order valence-electron chi connectivity index (χ2n) is 6.14. The molecule has 0 saturated heterocycles.